The van der Waals surface area contributed by atoms with Gasteiger partial charge in [-0.2, -0.15) is 0 Å². The van der Waals surface area contributed by atoms with Gasteiger partial charge in [0.05, 0.1) is 12.8 Å². The summed E-state index contributed by atoms with van der Waals surface area (Å²) in [5.74, 6) is -0.238. The number of nitrogens with zero attached hydrogens (tertiary/aromatic N) is 1. The predicted octanol–water partition coefficient (Wildman–Crippen LogP) is 5.32. The highest BCUT2D eigenvalue weighted by Gasteiger charge is 2.28. The van der Waals surface area contributed by atoms with Crippen LogP contribution < -0.4 is 10.1 Å². The number of anilines is 1. The molecule has 0 aliphatic rings. The molecule has 0 saturated carbocycles. The van der Waals surface area contributed by atoms with Crippen molar-refractivity contribution in [3.8, 4) is 17.1 Å². The van der Waals surface area contributed by atoms with Gasteiger partial charge in [0, 0.05) is 28.3 Å². The van der Waals surface area contributed by atoms with Gasteiger partial charge in [0.2, 0.25) is 5.88 Å². The second-order valence-electron chi connectivity index (χ2n) is 7.03. The maximum absolute atomic E-state index is 11.3. The first-order valence-corrected chi connectivity index (χ1v) is 10.1. The summed E-state index contributed by atoms with van der Waals surface area (Å²) >= 11 is 1.33. The lowest BCUT2D eigenvalue weighted by atomic mass is 10.1. The molecule has 2 N–H and O–H groups in total. The molecule has 29 heavy (non-hydrogen) atoms. The number of ether oxygens (including phenoxy) is 1. The van der Waals surface area contributed by atoms with Crippen LogP contribution in [0.4, 0.5) is 5.69 Å². The summed E-state index contributed by atoms with van der Waals surface area (Å²) in [6, 6.07) is 21.7. The minimum Gasteiger partial charge on any atom is -0.481 e. The van der Waals surface area contributed by atoms with Crippen molar-refractivity contribution in [2.75, 3.05) is 12.4 Å². The summed E-state index contributed by atoms with van der Waals surface area (Å²) in [7, 11) is 1.62. The van der Waals surface area contributed by atoms with Crippen LogP contribution in [0.3, 0.4) is 0 Å². The molecule has 6 heteroatoms. The Morgan fingerprint density at radius 1 is 1.07 bits per heavy atom. The van der Waals surface area contributed by atoms with Gasteiger partial charge in [-0.25, -0.2) is 4.98 Å². The fourth-order valence-corrected chi connectivity index (χ4v) is 3.68. The molecule has 0 atom stereocenters. The van der Waals surface area contributed by atoms with Crippen molar-refractivity contribution in [3.05, 3.63) is 72.3 Å². The van der Waals surface area contributed by atoms with E-state index >= 15 is 0 Å². The molecular weight excluding hydrogens is 384 g/mol. The highest BCUT2D eigenvalue weighted by Crippen LogP contribution is 2.33. The fraction of sp³-hybridized carbons (Fsp3) is 0.217. The minimum absolute atomic E-state index is 0.568. The standard InChI is InChI=1S/C23H24N2O3S/c1-23(2,22(26)27)29-19-12-10-18(11-13-19)24-15-17-9-14-20(25-21(17)28-3)16-7-5-4-6-8-16/h4-14,24H,15H2,1-3H3,(H,26,27). The molecule has 0 amide bonds. The molecule has 1 aromatic heterocycles. The number of carbonyl (C=O) groups is 1. The van der Waals surface area contributed by atoms with Crippen LogP contribution in [0.2, 0.25) is 0 Å². The molecule has 0 bridgehead atoms. The normalized spacial score (nSPS) is 11.1. The Bertz CT molecular complexity index is 973. The number of carboxylic acids is 1. The van der Waals surface area contributed by atoms with Crippen LogP contribution in [0.15, 0.2) is 71.6 Å². The molecule has 0 spiro atoms. The van der Waals surface area contributed by atoms with E-state index in [0.717, 1.165) is 27.4 Å². The first-order valence-electron chi connectivity index (χ1n) is 9.25. The molecule has 5 nitrogen and oxygen atoms in total. The van der Waals surface area contributed by atoms with Crippen molar-refractivity contribution in [2.45, 2.75) is 30.0 Å². The van der Waals surface area contributed by atoms with Gasteiger partial charge >= 0.3 is 5.97 Å². The minimum atomic E-state index is -0.867. The molecule has 0 unspecified atom stereocenters. The van der Waals surface area contributed by atoms with E-state index in [1.54, 1.807) is 21.0 Å². The summed E-state index contributed by atoms with van der Waals surface area (Å²) in [5.41, 5.74) is 3.81. The smallest absolute Gasteiger partial charge is 0.319 e. The molecule has 0 radical (unpaired) electrons. The van der Waals surface area contributed by atoms with Crippen LogP contribution in [0.5, 0.6) is 5.88 Å². The number of carboxylic acid groups (broad SMARTS) is 1. The second-order valence-corrected chi connectivity index (χ2v) is 8.72. The molecule has 1 heterocycles. The molecule has 150 valence electrons. The van der Waals surface area contributed by atoms with Crippen LogP contribution in [0.25, 0.3) is 11.3 Å². The Morgan fingerprint density at radius 3 is 2.38 bits per heavy atom. The highest BCUT2D eigenvalue weighted by molar-refractivity contribution is 8.01. The Hall–Kier alpha value is -2.99. The third-order valence-corrected chi connectivity index (χ3v) is 5.62. The Balaban J connectivity index is 1.67. The van der Waals surface area contributed by atoms with Gasteiger partial charge in [0.25, 0.3) is 0 Å². The zero-order valence-electron chi connectivity index (χ0n) is 16.7. The lowest BCUT2D eigenvalue weighted by molar-refractivity contribution is -0.138. The summed E-state index contributed by atoms with van der Waals surface area (Å²) in [6.45, 7) is 3.97. The summed E-state index contributed by atoms with van der Waals surface area (Å²) in [4.78, 5) is 16.8. The van der Waals surface area contributed by atoms with E-state index in [-0.39, 0.29) is 0 Å². The zero-order chi connectivity index (χ0) is 20.9. The second kappa shape index (κ2) is 9.01. The largest absolute Gasteiger partial charge is 0.481 e. The molecule has 0 aliphatic heterocycles. The van der Waals surface area contributed by atoms with Gasteiger partial charge in [0.1, 0.15) is 4.75 Å². The zero-order valence-corrected chi connectivity index (χ0v) is 17.5. The number of rotatable bonds is 8. The number of nitrogens with one attached hydrogen (secondary N) is 1. The lowest BCUT2D eigenvalue weighted by Crippen LogP contribution is -2.26. The molecule has 0 saturated heterocycles. The molecular formula is C23H24N2O3S. The molecule has 0 fully saturated rings. The maximum Gasteiger partial charge on any atom is 0.319 e. The molecule has 0 aliphatic carbocycles. The van der Waals surface area contributed by atoms with Crippen molar-refractivity contribution in [1.82, 2.24) is 4.98 Å². The monoisotopic (exact) mass is 408 g/mol. The van der Waals surface area contributed by atoms with Crippen molar-refractivity contribution in [1.29, 1.82) is 0 Å². The number of pyridine rings is 1. The van der Waals surface area contributed by atoms with Crippen LogP contribution in [-0.2, 0) is 11.3 Å². The summed E-state index contributed by atoms with van der Waals surface area (Å²) in [6.07, 6.45) is 0. The number of benzene rings is 2. The lowest BCUT2D eigenvalue weighted by Gasteiger charge is -2.18. The number of aliphatic carboxylic acids is 1. The number of hydrogen-bond acceptors (Lipinski definition) is 5. The highest BCUT2D eigenvalue weighted by atomic mass is 32.2. The first-order chi connectivity index (χ1) is 13.9. The van der Waals surface area contributed by atoms with Crippen LogP contribution in [0, 0.1) is 0 Å². The number of hydrogen-bond donors (Lipinski definition) is 2. The fourth-order valence-electron chi connectivity index (χ4n) is 2.73. The first kappa shape index (κ1) is 20.7. The van der Waals surface area contributed by atoms with Gasteiger partial charge in [0.15, 0.2) is 0 Å². The van der Waals surface area contributed by atoms with E-state index in [1.165, 1.54) is 11.8 Å². The van der Waals surface area contributed by atoms with E-state index in [0.29, 0.717) is 12.4 Å². The third kappa shape index (κ3) is 5.29. The Morgan fingerprint density at radius 2 is 1.76 bits per heavy atom. The number of methoxy groups -OCH3 is 1. The van der Waals surface area contributed by atoms with Crippen molar-refractivity contribution >= 4 is 23.4 Å². The average molecular weight is 409 g/mol. The van der Waals surface area contributed by atoms with E-state index in [2.05, 4.69) is 10.3 Å². The van der Waals surface area contributed by atoms with Crippen molar-refractivity contribution in [2.24, 2.45) is 0 Å². The van der Waals surface area contributed by atoms with Gasteiger partial charge < -0.3 is 15.2 Å². The maximum atomic E-state index is 11.3. The van der Waals surface area contributed by atoms with Gasteiger partial charge in [-0.3, -0.25) is 4.79 Å². The Labute approximate surface area is 175 Å². The topological polar surface area (TPSA) is 71.5 Å². The van der Waals surface area contributed by atoms with Crippen LogP contribution in [-0.4, -0.2) is 27.9 Å². The van der Waals surface area contributed by atoms with E-state index in [9.17, 15) is 9.90 Å². The summed E-state index contributed by atoms with van der Waals surface area (Å²) in [5, 5.41) is 12.6. The molecule has 3 aromatic rings. The quantitative estimate of drug-likeness (QED) is 0.491. The summed E-state index contributed by atoms with van der Waals surface area (Å²) < 4.78 is 4.62. The SMILES string of the molecule is COc1nc(-c2ccccc2)ccc1CNc1ccc(SC(C)(C)C(=O)O)cc1. The molecule has 3 rings (SSSR count). The van der Waals surface area contributed by atoms with Gasteiger partial charge in [-0.05, 0) is 50.2 Å². The number of thioether (sulfide) groups is 1. The van der Waals surface area contributed by atoms with Crippen LogP contribution >= 0.6 is 11.8 Å². The number of aromatic nitrogens is 1. The van der Waals surface area contributed by atoms with Crippen LogP contribution in [0.1, 0.15) is 19.4 Å². The van der Waals surface area contributed by atoms with E-state index in [4.69, 9.17) is 4.74 Å². The van der Waals surface area contributed by atoms with Gasteiger partial charge in [-0.1, -0.05) is 30.3 Å². The Kier molecular flexibility index (Phi) is 6.44. The predicted molar refractivity (Wildman–Crippen MR) is 118 cm³/mol. The van der Waals surface area contributed by atoms with Crippen molar-refractivity contribution < 1.29 is 14.6 Å². The van der Waals surface area contributed by atoms with Gasteiger partial charge in [-0.15, -0.1) is 11.8 Å². The van der Waals surface area contributed by atoms with Crippen molar-refractivity contribution in [3.63, 3.8) is 0 Å². The average Bonchev–Trinajstić information content (AvgIpc) is 2.73. The van der Waals surface area contributed by atoms with E-state index < -0.39 is 10.7 Å². The molecule has 2 aromatic carbocycles. The van der Waals surface area contributed by atoms with E-state index in [1.807, 2.05) is 66.7 Å². The third-order valence-electron chi connectivity index (χ3n) is 4.43.